The normalized spacial score (nSPS) is 17.4. The number of furan rings is 1. The van der Waals surface area contributed by atoms with E-state index in [0.29, 0.717) is 6.54 Å². The number of rotatable bonds is 6. The lowest BCUT2D eigenvalue weighted by Gasteiger charge is -2.27. The first-order valence-corrected chi connectivity index (χ1v) is 10.5. The van der Waals surface area contributed by atoms with E-state index in [9.17, 15) is 4.79 Å². The van der Waals surface area contributed by atoms with Crippen LogP contribution >= 0.6 is 22.7 Å². The lowest BCUT2D eigenvalue weighted by Crippen LogP contribution is -2.43. The van der Waals surface area contributed by atoms with Gasteiger partial charge >= 0.3 is 0 Å². The average Bonchev–Trinajstić information content (AvgIpc) is 3.44. The molecular formula is C20H21NO2S2. The number of carbonyl (C=O) groups is 1. The third-order valence-electron chi connectivity index (χ3n) is 5.18. The molecule has 0 aromatic carbocycles. The zero-order valence-corrected chi connectivity index (χ0v) is 15.6. The quantitative estimate of drug-likeness (QED) is 0.650. The summed E-state index contributed by atoms with van der Waals surface area (Å²) in [6, 6.07) is 10.1. The molecule has 1 saturated carbocycles. The van der Waals surface area contributed by atoms with Gasteiger partial charge in [0.25, 0.3) is 0 Å². The minimum atomic E-state index is -0.337. The van der Waals surface area contributed by atoms with Gasteiger partial charge in [0.1, 0.15) is 5.76 Å². The standard InChI is InChI=1S/C20H21NO2S2/c22-19(20(8-1-2-9-20)18-6-4-11-25-18)21-13-16(15-7-12-24-14-15)17-5-3-10-23-17/h3-7,10-12,14,16H,1-2,8-9,13H2,(H,21,22). The van der Waals surface area contributed by atoms with Gasteiger partial charge in [-0.1, -0.05) is 18.9 Å². The maximum atomic E-state index is 13.2. The Hall–Kier alpha value is -1.85. The van der Waals surface area contributed by atoms with E-state index in [0.717, 1.165) is 31.4 Å². The van der Waals surface area contributed by atoms with Crippen molar-refractivity contribution in [1.29, 1.82) is 0 Å². The fourth-order valence-corrected chi connectivity index (χ4v) is 5.52. The third kappa shape index (κ3) is 3.18. The molecule has 3 aromatic heterocycles. The van der Waals surface area contributed by atoms with Crippen molar-refractivity contribution in [3.8, 4) is 0 Å². The van der Waals surface area contributed by atoms with Crippen LogP contribution in [0.3, 0.4) is 0 Å². The van der Waals surface area contributed by atoms with E-state index >= 15 is 0 Å². The largest absolute Gasteiger partial charge is 0.469 e. The van der Waals surface area contributed by atoms with Gasteiger partial charge in [-0.3, -0.25) is 4.79 Å². The Balaban J connectivity index is 1.53. The van der Waals surface area contributed by atoms with Crippen molar-refractivity contribution in [3.63, 3.8) is 0 Å². The van der Waals surface area contributed by atoms with Gasteiger partial charge in [-0.25, -0.2) is 0 Å². The van der Waals surface area contributed by atoms with Gasteiger partial charge in [-0.2, -0.15) is 11.3 Å². The van der Waals surface area contributed by atoms with Crippen LogP contribution < -0.4 is 5.32 Å². The maximum absolute atomic E-state index is 13.2. The highest BCUT2D eigenvalue weighted by atomic mass is 32.1. The van der Waals surface area contributed by atoms with Gasteiger partial charge in [-0.15, -0.1) is 11.3 Å². The maximum Gasteiger partial charge on any atom is 0.231 e. The van der Waals surface area contributed by atoms with Crippen molar-refractivity contribution in [2.75, 3.05) is 6.54 Å². The zero-order chi connectivity index (χ0) is 17.1. The molecule has 0 bridgehead atoms. The molecule has 0 saturated heterocycles. The fraction of sp³-hybridized carbons (Fsp3) is 0.350. The monoisotopic (exact) mass is 371 g/mol. The van der Waals surface area contributed by atoms with Gasteiger partial charge in [0.15, 0.2) is 0 Å². The Labute approximate surface area is 155 Å². The molecule has 1 amide bonds. The molecule has 3 nitrogen and oxygen atoms in total. The molecule has 1 unspecified atom stereocenters. The van der Waals surface area contributed by atoms with Crippen molar-refractivity contribution < 1.29 is 9.21 Å². The molecule has 1 aliphatic carbocycles. The SMILES string of the molecule is O=C(NCC(c1ccsc1)c1ccco1)C1(c2cccs2)CCCC1. The number of nitrogens with one attached hydrogen (secondary N) is 1. The molecule has 1 aliphatic rings. The van der Waals surface area contributed by atoms with Gasteiger partial charge in [0, 0.05) is 11.4 Å². The summed E-state index contributed by atoms with van der Waals surface area (Å²) in [5.74, 6) is 1.13. The van der Waals surface area contributed by atoms with Crippen LogP contribution in [0.1, 0.15) is 47.8 Å². The Kier molecular flexibility index (Phi) is 4.77. The lowest BCUT2D eigenvalue weighted by atomic mass is 9.83. The van der Waals surface area contributed by atoms with Gasteiger partial charge in [0.2, 0.25) is 5.91 Å². The summed E-state index contributed by atoms with van der Waals surface area (Å²) < 4.78 is 5.63. The fourth-order valence-electron chi connectivity index (χ4n) is 3.82. The predicted molar refractivity (Wildman–Crippen MR) is 102 cm³/mol. The highest BCUT2D eigenvalue weighted by Gasteiger charge is 2.43. The zero-order valence-electron chi connectivity index (χ0n) is 13.9. The predicted octanol–water partition coefficient (Wildman–Crippen LogP) is 5.16. The summed E-state index contributed by atoms with van der Waals surface area (Å²) in [6.07, 6.45) is 5.84. The molecule has 1 N–H and O–H groups in total. The molecule has 3 aromatic rings. The van der Waals surface area contributed by atoms with E-state index in [1.54, 1.807) is 28.9 Å². The highest BCUT2D eigenvalue weighted by molar-refractivity contribution is 7.10. The van der Waals surface area contributed by atoms with Crippen LogP contribution in [0, 0.1) is 0 Å². The molecule has 25 heavy (non-hydrogen) atoms. The van der Waals surface area contributed by atoms with Crippen LogP contribution in [0.4, 0.5) is 0 Å². The van der Waals surface area contributed by atoms with E-state index < -0.39 is 0 Å². The molecular weight excluding hydrogens is 350 g/mol. The lowest BCUT2D eigenvalue weighted by molar-refractivity contribution is -0.126. The van der Waals surface area contributed by atoms with E-state index in [-0.39, 0.29) is 17.2 Å². The van der Waals surface area contributed by atoms with Gasteiger partial charge in [-0.05, 0) is 58.8 Å². The molecule has 1 fully saturated rings. The second kappa shape index (κ2) is 7.18. The third-order valence-corrected chi connectivity index (χ3v) is 6.96. The summed E-state index contributed by atoms with van der Waals surface area (Å²) in [5.41, 5.74) is 0.855. The van der Waals surface area contributed by atoms with E-state index in [1.807, 2.05) is 18.2 Å². The van der Waals surface area contributed by atoms with Crippen molar-refractivity contribution in [1.82, 2.24) is 5.32 Å². The number of thiophene rings is 2. The van der Waals surface area contributed by atoms with Gasteiger partial charge < -0.3 is 9.73 Å². The van der Waals surface area contributed by atoms with Crippen molar-refractivity contribution in [2.24, 2.45) is 0 Å². The summed E-state index contributed by atoms with van der Waals surface area (Å²) >= 11 is 3.37. The van der Waals surface area contributed by atoms with Crippen LogP contribution in [0.5, 0.6) is 0 Å². The second-order valence-electron chi connectivity index (χ2n) is 6.60. The highest BCUT2D eigenvalue weighted by Crippen LogP contribution is 2.43. The number of amides is 1. The Bertz CT molecular complexity index is 751. The van der Waals surface area contributed by atoms with E-state index in [1.165, 1.54) is 10.4 Å². The van der Waals surface area contributed by atoms with Crippen LogP contribution in [-0.2, 0) is 10.2 Å². The Morgan fingerprint density at radius 3 is 2.72 bits per heavy atom. The van der Waals surface area contributed by atoms with Crippen LogP contribution in [0.2, 0.25) is 0 Å². The number of hydrogen-bond acceptors (Lipinski definition) is 4. The summed E-state index contributed by atoms with van der Waals surface area (Å²) in [4.78, 5) is 14.4. The minimum Gasteiger partial charge on any atom is -0.469 e. The molecule has 1 atom stereocenters. The smallest absolute Gasteiger partial charge is 0.231 e. The number of carbonyl (C=O) groups excluding carboxylic acids is 1. The van der Waals surface area contributed by atoms with Crippen molar-refractivity contribution >= 4 is 28.6 Å². The topological polar surface area (TPSA) is 42.2 Å². The first-order valence-electron chi connectivity index (χ1n) is 8.67. The van der Waals surface area contributed by atoms with E-state index in [2.05, 4.69) is 33.6 Å². The Morgan fingerprint density at radius 2 is 2.08 bits per heavy atom. The second-order valence-corrected chi connectivity index (χ2v) is 8.33. The van der Waals surface area contributed by atoms with Crippen LogP contribution in [0.15, 0.2) is 57.2 Å². The van der Waals surface area contributed by atoms with Crippen molar-refractivity contribution in [3.05, 3.63) is 68.9 Å². The summed E-state index contributed by atoms with van der Waals surface area (Å²) in [6.45, 7) is 0.566. The van der Waals surface area contributed by atoms with Crippen LogP contribution in [0.25, 0.3) is 0 Å². The average molecular weight is 372 g/mol. The molecule has 0 aliphatic heterocycles. The molecule has 130 valence electrons. The molecule has 4 rings (SSSR count). The van der Waals surface area contributed by atoms with Gasteiger partial charge in [0.05, 0.1) is 17.6 Å². The summed E-state index contributed by atoms with van der Waals surface area (Å²) in [5, 5.41) is 9.51. The molecule has 5 heteroatoms. The first kappa shape index (κ1) is 16.6. The van der Waals surface area contributed by atoms with Crippen molar-refractivity contribution in [2.45, 2.75) is 37.0 Å². The van der Waals surface area contributed by atoms with E-state index in [4.69, 9.17) is 4.42 Å². The Morgan fingerprint density at radius 1 is 1.20 bits per heavy atom. The molecule has 3 heterocycles. The molecule has 0 radical (unpaired) electrons. The minimum absolute atomic E-state index is 0.0620. The molecule has 0 spiro atoms. The summed E-state index contributed by atoms with van der Waals surface area (Å²) in [7, 11) is 0. The van der Waals surface area contributed by atoms with Crippen LogP contribution in [-0.4, -0.2) is 12.5 Å². The number of hydrogen-bond donors (Lipinski definition) is 1. The first-order chi connectivity index (χ1) is 12.3.